The van der Waals surface area contributed by atoms with Crippen LogP contribution in [0.3, 0.4) is 0 Å². The number of fused-ring (bicyclic) bond motifs is 1. The topological polar surface area (TPSA) is 55.6 Å². The second kappa shape index (κ2) is 6.93. The molecule has 0 saturated carbocycles. The van der Waals surface area contributed by atoms with Gasteiger partial charge in [-0.25, -0.2) is 15.0 Å². The van der Waals surface area contributed by atoms with E-state index in [9.17, 15) is 13.2 Å². The van der Waals surface area contributed by atoms with Crippen LogP contribution in [0.2, 0.25) is 0 Å². The van der Waals surface area contributed by atoms with Gasteiger partial charge in [0.1, 0.15) is 12.1 Å². The molecule has 3 heterocycles. The molecular formula is C18H20F3N5. The van der Waals surface area contributed by atoms with Crippen LogP contribution in [0.15, 0.2) is 30.9 Å². The van der Waals surface area contributed by atoms with Gasteiger partial charge in [0, 0.05) is 24.3 Å². The zero-order chi connectivity index (χ0) is 18.9. The lowest BCUT2D eigenvalue weighted by molar-refractivity contribution is -0.136. The Bertz CT molecular complexity index is 915. The van der Waals surface area contributed by atoms with E-state index in [0.29, 0.717) is 11.3 Å². The quantitative estimate of drug-likeness (QED) is 0.696. The molecule has 0 atom stereocenters. The van der Waals surface area contributed by atoms with Crippen molar-refractivity contribution in [2.75, 3.05) is 5.32 Å². The number of aromatic nitrogens is 4. The van der Waals surface area contributed by atoms with Crippen LogP contribution in [-0.2, 0) is 6.54 Å². The molecule has 138 valence electrons. The van der Waals surface area contributed by atoms with Crippen molar-refractivity contribution in [3.63, 3.8) is 0 Å². The first-order valence-corrected chi connectivity index (χ1v) is 8.35. The average molecular weight is 363 g/mol. The maximum atomic E-state index is 12.5. The van der Waals surface area contributed by atoms with Crippen molar-refractivity contribution in [1.82, 2.24) is 19.5 Å². The van der Waals surface area contributed by atoms with Crippen molar-refractivity contribution in [2.45, 2.75) is 45.8 Å². The highest BCUT2D eigenvalue weighted by molar-refractivity contribution is 5.92. The molecule has 0 aliphatic carbocycles. The van der Waals surface area contributed by atoms with Crippen molar-refractivity contribution >= 4 is 22.4 Å². The third-order valence-electron chi connectivity index (χ3n) is 4.19. The monoisotopic (exact) mass is 363 g/mol. The van der Waals surface area contributed by atoms with Crippen molar-refractivity contribution in [2.24, 2.45) is 0 Å². The van der Waals surface area contributed by atoms with E-state index in [1.807, 2.05) is 20.8 Å². The lowest BCUT2D eigenvalue weighted by atomic mass is 10.1. The lowest BCUT2D eigenvalue weighted by Gasteiger charge is -2.15. The maximum absolute atomic E-state index is 12.5. The second-order valence-corrected chi connectivity index (χ2v) is 6.47. The van der Waals surface area contributed by atoms with Gasteiger partial charge in [0.2, 0.25) is 0 Å². The summed E-state index contributed by atoms with van der Waals surface area (Å²) in [7, 11) is 0. The van der Waals surface area contributed by atoms with Gasteiger partial charge in [-0.3, -0.25) is 0 Å². The minimum absolute atomic E-state index is 0.124. The Morgan fingerprint density at radius 2 is 1.92 bits per heavy atom. The molecule has 26 heavy (non-hydrogen) atoms. The summed E-state index contributed by atoms with van der Waals surface area (Å²) < 4.78 is 39.2. The Hall–Kier alpha value is -2.64. The number of hydrogen-bond acceptors (Lipinski definition) is 4. The van der Waals surface area contributed by atoms with E-state index in [2.05, 4.69) is 20.3 Å². The van der Waals surface area contributed by atoms with E-state index in [0.717, 1.165) is 22.5 Å². The SMILES string of the molecule is Cc1ncnc(C(C)C)c1Nc1nccc2c1ccn2CCC(F)(F)F. The summed E-state index contributed by atoms with van der Waals surface area (Å²) >= 11 is 0. The molecule has 1 N–H and O–H groups in total. The normalized spacial score (nSPS) is 12.1. The minimum Gasteiger partial charge on any atom is -0.347 e. The molecule has 0 amide bonds. The molecule has 0 radical (unpaired) electrons. The van der Waals surface area contributed by atoms with Crippen LogP contribution in [0, 0.1) is 6.92 Å². The third-order valence-corrected chi connectivity index (χ3v) is 4.19. The molecule has 5 nitrogen and oxygen atoms in total. The molecule has 8 heteroatoms. The highest BCUT2D eigenvalue weighted by atomic mass is 19.4. The van der Waals surface area contributed by atoms with Gasteiger partial charge >= 0.3 is 6.18 Å². The summed E-state index contributed by atoms with van der Waals surface area (Å²) in [5.74, 6) is 0.767. The van der Waals surface area contributed by atoms with E-state index in [4.69, 9.17) is 0 Å². The number of nitrogens with one attached hydrogen (secondary N) is 1. The standard InChI is InChI=1S/C18H20F3N5/c1-11(2)15-16(12(3)23-10-24-15)25-17-13-5-8-26(9-6-18(19,20)21)14(13)4-7-22-17/h4-5,7-8,10-11H,6,9H2,1-3H3,(H,22,25). The fourth-order valence-corrected chi connectivity index (χ4v) is 2.87. The first-order valence-electron chi connectivity index (χ1n) is 8.35. The maximum Gasteiger partial charge on any atom is 0.390 e. The highest BCUT2D eigenvalue weighted by Gasteiger charge is 2.27. The Kier molecular flexibility index (Phi) is 4.84. The number of rotatable bonds is 5. The van der Waals surface area contributed by atoms with Crippen molar-refractivity contribution in [3.8, 4) is 0 Å². The molecule has 3 aromatic rings. The van der Waals surface area contributed by atoms with Gasteiger partial charge in [0.15, 0.2) is 0 Å². The number of anilines is 2. The summed E-state index contributed by atoms with van der Waals surface area (Å²) in [4.78, 5) is 12.9. The molecule has 0 fully saturated rings. The third kappa shape index (κ3) is 3.79. The first kappa shape index (κ1) is 18.2. The number of alkyl halides is 3. The second-order valence-electron chi connectivity index (χ2n) is 6.47. The Balaban J connectivity index is 1.97. The molecule has 0 bridgehead atoms. The summed E-state index contributed by atoms with van der Waals surface area (Å²) in [6, 6.07) is 3.49. The van der Waals surface area contributed by atoms with E-state index in [-0.39, 0.29) is 12.5 Å². The number of pyridine rings is 1. The van der Waals surface area contributed by atoms with Crippen molar-refractivity contribution in [3.05, 3.63) is 42.2 Å². The van der Waals surface area contributed by atoms with Crippen LogP contribution in [0.25, 0.3) is 10.9 Å². The summed E-state index contributed by atoms with van der Waals surface area (Å²) in [5, 5.41) is 4.04. The molecular weight excluding hydrogens is 343 g/mol. The van der Waals surface area contributed by atoms with Gasteiger partial charge in [0.05, 0.1) is 29.0 Å². The Labute approximate surface area is 149 Å². The molecule has 0 aliphatic rings. The van der Waals surface area contributed by atoms with Gasteiger partial charge < -0.3 is 9.88 Å². The fourth-order valence-electron chi connectivity index (χ4n) is 2.87. The smallest absolute Gasteiger partial charge is 0.347 e. The predicted octanol–water partition coefficient (Wildman–Crippen LogP) is 4.95. The Morgan fingerprint density at radius 3 is 2.62 bits per heavy atom. The van der Waals surface area contributed by atoms with Crippen LogP contribution in [0.1, 0.15) is 37.6 Å². The predicted molar refractivity (Wildman–Crippen MR) is 94.5 cm³/mol. The zero-order valence-corrected chi connectivity index (χ0v) is 14.8. The molecule has 0 spiro atoms. The largest absolute Gasteiger partial charge is 0.390 e. The molecule has 0 unspecified atom stereocenters. The first-order chi connectivity index (χ1) is 12.3. The van der Waals surface area contributed by atoms with Crippen LogP contribution >= 0.6 is 0 Å². The fraction of sp³-hybridized carbons (Fsp3) is 0.389. The van der Waals surface area contributed by atoms with Crippen LogP contribution in [0.5, 0.6) is 0 Å². The van der Waals surface area contributed by atoms with Gasteiger partial charge in [-0.15, -0.1) is 0 Å². The molecule has 0 aromatic carbocycles. The molecule has 3 aromatic heterocycles. The van der Waals surface area contributed by atoms with E-state index < -0.39 is 12.6 Å². The van der Waals surface area contributed by atoms with Gasteiger partial charge in [-0.05, 0) is 25.0 Å². The number of aryl methyl sites for hydroxylation is 2. The molecule has 3 rings (SSSR count). The van der Waals surface area contributed by atoms with Gasteiger partial charge in [0.25, 0.3) is 0 Å². The lowest BCUT2D eigenvalue weighted by Crippen LogP contribution is -2.11. The molecule has 0 saturated heterocycles. The van der Waals surface area contributed by atoms with Crippen LogP contribution in [0.4, 0.5) is 24.7 Å². The van der Waals surface area contributed by atoms with E-state index in [1.165, 1.54) is 6.33 Å². The summed E-state index contributed by atoms with van der Waals surface area (Å²) in [6.07, 6.45) is -0.290. The van der Waals surface area contributed by atoms with Crippen molar-refractivity contribution in [1.29, 1.82) is 0 Å². The number of halogens is 3. The average Bonchev–Trinajstić information content (AvgIpc) is 2.98. The highest BCUT2D eigenvalue weighted by Crippen LogP contribution is 2.31. The van der Waals surface area contributed by atoms with Crippen LogP contribution < -0.4 is 5.32 Å². The van der Waals surface area contributed by atoms with Crippen LogP contribution in [-0.4, -0.2) is 25.7 Å². The Morgan fingerprint density at radius 1 is 1.15 bits per heavy atom. The summed E-state index contributed by atoms with van der Waals surface area (Å²) in [5.41, 5.74) is 3.14. The van der Waals surface area contributed by atoms with Gasteiger partial charge in [-0.2, -0.15) is 13.2 Å². The number of hydrogen-bond donors (Lipinski definition) is 1. The van der Waals surface area contributed by atoms with Gasteiger partial charge in [-0.1, -0.05) is 13.8 Å². The van der Waals surface area contributed by atoms with E-state index >= 15 is 0 Å². The van der Waals surface area contributed by atoms with Crippen molar-refractivity contribution < 1.29 is 13.2 Å². The molecule has 0 aliphatic heterocycles. The minimum atomic E-state index is -4.19. The zero-order valence-electron chi connectivity index (χ0n) is 14.8. The van der Waals surface area contributed by atoms with E-state index in [1.54, 1.807) is 29.1 Å². The number of nitrogens with zero attached hydrogens (tertiary/aromatic N) is 4. The summed E-state index contributed by atoms with van der Waals surface area (Å²) in [6.45, 7) is 5.83.